The molecule has 1 fully saturated rings. The number of halogens is 1. The maximum Gasteiger partial charge on any atom is 0.251 e. The standard InChI is InChI=1S/C23H23FN2O2/c24-17-10-12-18(13-11-17)25-22(27)14-20-19-8-4-5-9-21(19)26(23(20)28)15-16-6-2-1-3-7-16/h1-3,6-7,10-13,21H,4-5,8-9,14-15H2,(H,25,27). The maximum absolute atomic E-state index is 13.1. The molecule has 1 unspecified atom stereocenters. The SMILES string of the molecule is O=C(CC1=C2CCCCC2N(Cc2ccccc2)C1=O)Nc1ccc(F)cc1. The van der Waals surface area contributed by atoms with E-state index in [1.165, 1.54) is 24.3 Å². The first-order valence-corrected chi connectivity index (χ1v) is 9.74. The van der Waals surface area contributed by atoms with Crippen LogP contribution < -0.4 is 5.32 Å². The topological polar surface area (TPSA) is 49.4 Å². The fraction of sp³-hybridized carbons (Fsp3) is 0.304. The van der Waals surface area contributed by atoms with Gasteiger partial charge in [0.15, 0.2) is 0 Å². The average molecular weight is 378 g/mol. The average Bonchev–Trinajstić information content (AvgIpc) is 2.96. The molecule has 1 heterocycles. The van der Waals surface area contributed by atoms with E-state index in [0.717, 1.165) is 36.8 Å². The van der Waals surface area contributed by atoms with Crippen LogP contribution in [0.1, 0.15) is 37.7 Å². The van der Waals surface area contributed by atoms with Crippen LogP contribution in [0.5, 0.6) is 0 Å². The molecule has 2 aromatic carbocycles. The fourth-order valence-electron chi connectivity index (χ4n) is 4.19. The molecule has 28 heavy (non-hydrogen) atoms. The van der Waals surface area contributed by atoms with Gasteiger partial charge in [-0.3, -0.25) is 9.59 Å². The van der Waals surface area contributed by atoms with Gasteiger partial charge in [-0.1, -0.05) is 36.8 Å². The summed E-state index contributed by atoms with van der Waals surface area (Å²) in [6, 6.07) is 15.7. The first kappa shape index (κ1) is 18.4. The fourth-order valence-corrected chi connectivity index (χ4v) is 4.19. The second kappa shape index (κ2) is 7.97. The highest BCUT2D eigenvalue weighted by Gasteiger charge is 2.40. The predicted octanol–water partition coefficient (Wildman–Crippen LogP) is 4.44. The van der Waals surface area contributed by atoms with Crippen LogP contribution in [0, 0.1) is 5.82 Å². The van der Waals surface area contributed by atoms with Crippen LogP contribution in [-0.2, 0) is 16.1 Å². The first-order chi connectivity index (χ1) is 13.6. The predicted molar refractivity (Wildman–Crippen MR) is 106 cm³/mol. The Morgan fingerprint density at radius 3 is 2.57 bits per heavy atom. The third kappa shape index (κ3) is 3.84. The molecule has 4 rings (SSSR count). The lowest BCUT2D eigenvalue weighted by Crippen LogP contribution is -2.36. The van der Waals surface area contributed by atoms with E-state index in [4.69, 9.17) is 0 Å². The minimum absolute atomic E-state index is 0.0278. The van der Waals surface area contributed by atoms with Crippen molar-refractivity contribution in [2.75, 3.05) is 5.32 Å². The highest BCUT2D eigenvalue weighted by molar-refractivity contribution is 6.04. The largest absolute Gasteiger partial charge is 0.328 e. The van der Waals surface area contributed by atoms with Crippen molar-refractivity contribution >= 4 is 17.5 Å². The molecule has 1 aliphatic carbocycles. The van der Waals surface area contributed by atoms with Crippen molar-refractivity contribution in [2.24, 2.45) is 0 Å². The van der Waals surface area contributed by atoms with Gasteiger partial charge in [-0.15, -0.1) is 0 Å². The summed E-state index contributed by atoms with van der Waals surface area (Å²) in [5.74, 6) is -0.621. The minimum atomic E-state index is -0.351. The summed E-state index contributed by atoms with van der Waals surface area (Å²) in [4.78, 5) is 27.6. The molecule has 1 saturated carbocycles. The zero-order valence-corrected chi connectivity index (χ0v) is 15.7. The molecule has 2 aliphatic rings. The van der Waals surface area contributed by atoms with Gasteiger partial charge in [-0.05, 0) is 54.7 Å². The number of carbonyl (C=O) groups is 2. The highest BCUT2D eigenvalue weighted by atomic mass is 19.1. The zero-order chi connectivity index (χ0) is 19.5. The van der Waals surface area contributed by atoms with Gasteiger partial charge in [0.05, 0.1) is 12.5 Å². The van der Waals surface area contributed by atoms with E-state index in [2.05, 4.69) is 5.32 Å². The first-order valence-electron chi connectivity index (χ1n) is 9.74. The summed E-state index contributed by atoms with van der Waals surface area (Å²) in [5.41, 5.74) is 3.39. The summed E-state index contributed by atoms with van der Waals surface area (Å²) in [6.45, 7) is 0.566. The number of amides is 2. The summed E-state index contributed by atoms with van der Waals surface area (Å²) in [6.07, 6.45) is 4.05. The third-order valence-electron chi connectivity index (χ3n) is 5.52. The van der Waals surface area contributed by atoms with E-state index in [0.29, 0.717) is 17.8 Å². The van der Waals surface area contributed by atoms with Crippen LogP contribution in [0.15, 0.2) is 65.7 Å². The van der Waals surface area contributed by atoms with Crippen LogP contribution in [0.3, 0.4) is 0 Å². The monoisotopic (exact) mass is 378 g/mol. The maximum atomic E-state index is 13.1. The van der Waals surface area contributed by atoms with Crippen molar-refractivity contribution in [3.05, 3.63) is 77.1 Å². The Labute approximate surface area is 164 Å². The Morgan fingerprint density at radius 2 is 1.82 bits per heavy atom. The zero-order valence-electron chi connectivity index (χ0n) is 15.7. The Hall–Kier alpha value is -2.95. The number of benzene rings is 2. The Balaban J connectivity index is 1.50. The molecule has 2 amide bonds. The second-order valence-electron chi connectivity index (χ2n) is 7.42. The van der Waals surface area contributed by atoms with E-state index in [9.17, 15) is 14.0 Å². The number of nitrogens with one attached hydrogen (secondary N) is 1. The smallest absolute Gasteiger partial charge is 0.251 e. The number of hydrogen-bond donors (Lipinski definition) is 1. The van der Waals surface area contributed by atoms with E-state index >= 15 is 0 Å². The third-order valence-corrected chi connectivity index (χ3v) is 5.52. The Bertz CT molecular complexity index is 906. The van der Waals surface area contributed by atoms with Crippen molar-refractivity contribution in [3.8, 4) is 0 Å². The lowest BCUT2D eigenvalue weighted by atomic mass is 9.88. The molecule has 4 nitrogen and oxygen atoms in total. The van der Waals surface area contributed by atoms with Gasteiger partial charge in [0.2, 0.25) is 5.91 Å². The van der Waals surface area contributed by atoms with Crippen molar-refractivity contribution in [2.45, 2.75) is 44.7 Å². The van der Waals surface area contributed by atoms with Crippen LogP contribution in [-0.4, -0.2) is 22.8 Å². The molecular weight excluding hydrogens is 355 g/mol. The summed E-state index contributed by atoms with van der Waals surface area (Å²) in [7, 11) is 0. The number of anilines is 1. The van der Waals surface area contributed by atoms with Gasteiger partial charge in [0.1, 0.15) is 5.82 Å². The minimum Gasteiger partial charge on any atom is -0.328 e. The molecule has 2 aromatic rings. The van der Waals surface area contributed by atoms with E-state index < -0.39 is 0 Å². The molecular formula is C23H23FN2O2. The Morgan fingerprint density at radius 1 is 1.07 bits per heavy atom. The van der Waals surface area contributed by atoms with Gasteiger partial charge in [-0.2, -0.15) is 0 Å². The van der Waals surface area contributed by atoms with Crippen LogP contribution in [0.4, 0.5) is 10.1 Å². The van der Waals surface area contributed by atoms with Crippen LogP contribution in [0.2, 0.25) is 0 Å². The van der Waals surface area contributed by atoms with Crippen LogP contribution >= 0.6 is 0 Å². The normalized spacial score (nSPS) is 19.0. The number of nitrogens with zero attached hydrogens (tertiary/aromatic N) is 1. The Kier molecular flexibility index (Phi) is 5.24. The van der Waals surface area contributed by atoms with E-state index in [1.54, 1.807) is 0 Å². The van der Waals surface area contributed by atoms with Crippen molar-refractivity contribution < 1.29 is 14.0 Å². The number of rotatable bonds is 5. The highest BCUT2D eigenvalue weighted by Crippen LogP contribution is 2.38. The van der Waals surface area contributed by atoms with Gasteiger partial charge in [-0.25, -0.2) is 4.39 Å². The number of carbonyl (C=O) groups excluding carboxylic acids is 2. The summed E-state index contributed by atoms with van der Waals surface area (Å²) >= 11 is 0. The summed E-state index contributed by atoms with van der Waals surface area (Å²) in [5, 5.41) is 2.77. The molecule has 1 N–H and O–H groups in total. The molecule has 1 atom stereocenters. The lowest BCUT2D eigenvalue weighted by molar-refractivity contribution is -0.129. The molecule has 0 aromatic heterocycles. The molecule has 1 aliphatic heterocycles. The van der Waals surface area contributed by atoms with E-state index in [-0.39, 0.29) is 30.1 Å². The molecule has 0 spiro atoms. The van der Waals surface area contributed by atoms with Gasteiger partial charge in [0.25, 0.3) is 5.91 Å². The van der Waals surface area contributed by atoms with E-state index in [1.807, 2.05) is 35.2 Å². The number of hydrogen-bond acceptors (Lipinski definition) is 2. The molecule has 0 saturated heterocycles. The van der Waals surface area contributed by atoms with Gasteiger partial charge < -0.3 is 10.2 Å². The van der Waals surface area contributed by atoms with Crippen molar-refractivity contribution in [1.82, 2.24) is 4.90 Å². The molecule has 144 valence electrons. The summed E-state index contributed by atoms with van der Waals surface area (Å²) < 4.78 is 13.0. The molecule has 0 bridgehead atoms. The van der Waals surface area contributed by atoms with Crippen molar-refractivity contribution in [1.29, 1.82) is 0 Å². The second-order valence-corrected chi connectivity index (χ2v) is 7.42. The number of fused-ring (bicyclic) bond motifs is 1. The lowest BCUT2D eigenvalue weighted by Gasteiger charge is -2.30. The molecule has 5 heteroatoms. The van der Waals surface area contributed by atoms with Gasteiger partial charge >= 0.3 is 0 Å². The van der Waals surface area contributed by atoms with Gasteiger partial charge in [0, 0.05) is 17.8 Å². The van der Waals surface area contributed by atoms with Crippen LogP contribution in [0.25, 0.3) is 0 Å². The molecule has 0 radical (unpaired) electrons. The quantitative estimate of drug-likeness (QED) is 0.836. The van der Waals surface area contributed by atoms with Crippen molar-refractivity contribution in [3.63, 3.8) is 0 Å².